The fraction of sp³-hybridized carbons (Fsp3) is 0.900. The Bertz CT molecular complexity index is 283. The molecule has 4 nitrogen and oxygen atoms in total. The average Bonchev–Trinajstić information content (AvgIpc) is 2.25. The lowest BCUT2D eigenvalue weighted by Crippen LogP contribution is -2.43. The van der Waals surface area contributed by atoms with E-state index in [1.54, 1.807) is 0 Å². The fourth-order valence-electron chi connectivity index (χ4n) is 2.16. The Morgan fingerprint density at radius 3 is 2.53 bits per heavy atom. The van der Waals surface area contributed by atoms with Crippen LogP contribution >= 0.6 is 0 Å². The maximum absolute atomic E-state index is 12.2. The predicted octanol–water partition coefficient (Wildman–Crippen LogP) is 1.21. The molecule has 0 aliphatic carbocycles. The number of carboxylic acids is 1. The predicted molar refractivity (Wildman–Crippen MR) is 55.5 cm³/mol. The van der Waals surface area contributed by atoms with Crippen molar-refractivity contribution in [3.8, 4) is 0 Å². The Hall–Kier alpha value is -0.820. The van der Waals surface area contributed by atoms with Crippen LogP contribution in [0.5, 0.6) is 0 Å². The normalized spacial score (nSPS) is 27.8. The standard InChI is InChI=1S/C10H17F3N2O2/c11-10(12,13)7-15-4-1-2-9(14,3-5-15)6-8(16)17/h1-7,14H2,(H,16,17). The molecule has 0 aromatic heterocycles. The molecule has 1 saturated heterocycles. The Balaban J connectivity index is 2.52. The van der Waals surface area contributed by atoms with E-state index in [-0.39, 0.29) is 19.4 Å². The molecule has 0 saturated carbocycles. The summed E-state index contributed by atoms with van der Waals surface area (Å²) in [5, 5.41) is 8.70. The van der Waals surface area contributed by atoms with Crippen LogP contribution in [0, 0.1) is 0 Å². The maximum Gasteiger partial charge on any atom is 0.401 e. The fourth-order valence-corrected chi connectivity index (χ4v) is 2.16. The molecule has 1 heterocycles. The van der Waals surface area contributed by atoms with Gasteiger partial charge in [0, 0.05) is 12.1 Å². The van der Waals surface area contributed by atoms with Gasteiger partial charge in [0.05, 0.1) is 13.0 Å². The highest BCUT2D eigenvalue weighted by Crippen LogP contribution is 2.25. The molecule has 0 spiro atoms. The SMILES string of the molecule is NC1(CC(=O)O)CCCN(CC(F)(F)F)CC1. The largest absolute Gasteiger partial charge is 0.481 e. The molecular formula is C10H17F3N2O2. The van der Waals surface area contributed by atoms with E-state index >= 15 is 0 Å². The number of hydrogen-bond donors (Lipinski definition) is 2. The highest BCUT2D eigenvalue weighted by atomic mass is 19.4. The van der Waals surface area contributed by atoms with Gasteiger partial charge in [-0.15, -0.1) is 0 Å². The monoisotopic (exact) mass is 254 g/mol. The second kappa shape index (κ2) is 5.22. The van der Waals surface area contributed by atoms with Gasteiger partial charge < -0.3 is 10.8 Å². The minimum atomic E-state index is -4.21. The first kappa shape index (κ1) is 14.2. The Morgan fingerprint density at radius 1 is 1.35 bits per heavy atom. The Morgan fingerprint density at radius 2 is 2.00 bits per heavy atom. The van der Waals surface area contributed by atoms with Gasteiger partial charge in [0.25, 0.3) is 0 Å². The average molecular weight is 254 g/mol. The maximum atomic E-state index is 12.2. The second-order valence-electron chi connectivity index (χ2n) is 4.68. The van der Waals surface area contributed by atoms with Crippen molar-refractivity contribution < 1.29 is 23.1 Å². The molecule has 1 unspecified atom stereocenters. The molecule has 0 amide bonds. The third-order valence-electron chi connectivity index (χ3n) is 2.98. The number of carboxylic acid groups (broad SMARTS) is 1. The van der Waals surface area contributed by atoms with Gasteiger partial charge in [-0.2, -0.15) is 13.2 Å². The van der Waals surface area contributed by atoms with Crippen LogP contribution in [0.15, 0.2) is 0 Å². The van der Waals surface area contributed by atoms with Crippen molar-refractivity contribution in [3.63, 3.8) is 0 Å². The van der Waals surface area contributed by atoms with Crippen LogP contribution in [-0.2, 0) is 4.79 Å². The third kappa shape index (κ3) is 5.36. The van der Waals surface area contributed by atoms with E-state index in [2.05, 4.69) is 0 Å². The smallest absolute Gasteiger partial charge is 0.401 e. The van der Waals surface area contributed by atoms with Crippen LogP contribution in [0.1, 0.15) is 25.7 Å². The van der Waals surface area contributed by atoms with E-state index < -0.39 is 24.2 Å². The molecule has 1 fully saturated rings. The van der Waals surface area contributed by atoms with Crippen LogP contribution in [0.4, 0.5) is 13.2 Å². The van der Waals surface area contributed by atoms with Gasteiger partial charge >= 0.3 is 12.1 Å². The van der Waals surface area contributed by atoms with Crippen LogP contribution < -0.4 is 5.73 Å². The van der Waals surface area contributed by atoms with Gasteiger partial charge in [0.15, 0.2) is 0 Å². The number of aliphatic carboxylic acids is 1. The second-order valence-corrected chi connectivity index (χ2v) is 4.68. The van der Waals surface area contributed by atoms with Gasteiger partial charge in [-0.25, -0.2) is 0 Å². The summed E-state index contributed by atoms with van der Waals surface area (Å²) in [6.07, 6.45) is -3.16. The first-order valence-corrected chi connectivity index (χ1v) is 5.50. The zero-order chi connectivity index (χ0) is 13.1. The van der Waals surface area contributed by atoms with E-state index in [0.717, 1.165) is 0 Å². The number of rotatable bonds is 3. The number of alkyl halides is 3. The van der Waals surface area contributed by atoms with Gasteiger partial charge in [0.2, 0.25) is 0 Å². The van der Waals surface area contributed by atoms with Crippen molar-refractivity contribution >= 4 is 5.97 Å². The van der Waals surface area contributed by atoms with Gasteiger partial charge in [-0.05, 0) is 25.8 Å². The zero-order valence-electron chi connectivity index (χ0n) is 9.46. The van der Waals surface area contributed by atoms with Crippen molar-refractivity contribution in [1.82, 2.24) is 4.90 Å². The van der Waals surface area contributed by atoms with Crippen molar-refractivity contribution in [3.05, 3.63) is 0 Å². The molecule has 1 aliphatic heterocycles. The van der Waals surface area contributed by atoms with Crippen LogP contribution in [0.3, 0.4) is 0 Å². The van der Waals surface area contributed by atoms with Crippen LogP contribution in [0.2, 0.25) is 0 Å². The molecule has 0 bridgehead atoms. The topological polar surface area (TPSA) is 66.6 Å². The molecule has 1 rings (SSSR count). The van der Waals surface area contributed by atoms with Crippen molar-refractivity contribution in [2.45, 2.75) is 37.4 Å². The summed E-state index contributed by atoms with van der Waals surface area (Å²) in [7, 11) is 0. The number of carbonyl (C=O) groups is 1. The summed E-state index contributed by atoms with van der Waals surface area (Å²) in [5.74, 6) is -1.00. The molecule has 17 heavy (non-hydrogen) atoms. The Labute approximate surface area is 97.6 Å². The summed E-state index contributed by atoms with van der Waals surface area (Å²) in [6, 6.07) is 0. The first-order valence-electron chi connectivity index (χ1n) is 5.50. The molecule has 1 aliphatic rings. The molecular weight excluding hydrogens is 237 g/mol. The van der Waals surface area contributed by atoms with Crippen LogP contribution in [0.25, 0.3) is 0 Å². The highest BCUT2D eigenvalue weighted by Gasteiger charge is 2.35. The van der Waals surface area contributed by atoms with Crippen molar-refractivity contribution in [2.75, 3.05) is 19.6 Å². The quantitative estimate of drug-likeness (QED) is 0.794. The lowest BCUT2D eigenvalue weighted by Gasteiger charge is -2.26. The zero-order valence-corrected chi connectivity index (χ0v) is 9.46. The van der Waals surface area contributed by atoms with Crippen molar-refractivity contribution in [2.24, 2.45) is 5.73 Å². The van der Waals surface area contributed by atoms with E-state index in [9.17, 15) is 18.0 Å². The van der Waals surface area contributed by atoms with E-state index in [1.165, 1.54) is 4.90 Å². The molecule has 1 atom stereocenters. The van der Waals surface area contributed by atoms with Crippen LogP contribution in [-0.4, -0.2) is 47.3 Å². The molecule has 0 radical (unpaired) electrons. The summed E-state index contributed by atoms with van der Waals surface area (Å²) < 4.78 is 36.6. The number of likely N-dealkylation sites (tertiary alicyclic amines) is 1. The molecule has 3 N–H and O–H groups in total. The number of nitrogens with two attached hydrogens (primary N) is 1. The third-order valence-corrected chi connectivity index (χ3v) is 2.98. The minimum Gasteiger partial charge on any atom is -0.481 e. The van der Waals surface area contributed by atoms with Gasteiger partial charge in [-0.1, -0.05) is 0 Å². The van der Waals surface area contributed by atoms with E-state index in [4.69, 9.17) is 10.8 Å². The summed E-state index contributed by atoms with van der Waals surface area (Å²) in [5.41, 5.74) is 5.03. The number of nitrogens with zero attached hydrogens (tertiary/aromatic N) is 1. The Kier molecular flexibility index (Phi) is 4.37. The molecule has 7 heteroatoms. The molecule has 0 aromatic carbocycles. The van der Waals surface area contributed by atoms with Crippen molar-refractivity contribution in [1.29, 1.82) is 0 Å². The van der Waals surface area contributed by atoms with Gasteiger partial charge in [-0.3, -0.25) is 9.69 Å². The number of halogens is 3. The van der Waals surface area contributed by atoms with E-state index in [0.29, 0.717) is 19.4 Å². The molecule has 100 valence electrons. The first-order chi connectivity index (χ1) is 7.70. The lowest BCUT2D eigenvalue weighted by molar-refractivity contribution is -0.146. The summed E-state index contributed by atoms with van der Waals surface area (Å²) in [6.45, 7) is -0.433. The van der Waals surface area contributed by atoms with Gasteiger partial charge in [0.1, 0.15) is 0 Å². The lowest BCUT2D eigenvalue weighted by atomic mass is 9.88. The minimum absolute atomic E-state index is 0.188. The van der Waals surface area contributed by atoms with E-state index in [1.807, 2.05) is 0 Å². The number of hydrogen-bond acceptors (Lipinski definition) is 3. The highest BCUT2D eigenvalue weighted by molar-refractivity contribution is 5.68. The molecule has 0 aromatic rings. The summed E-state index contributed by atoms with van der Waals surface area (Å²) in [4.78, 5) is 11.9. The summed E-state index contributed by atoms with van der Waals surface area (Å²) >= 11 is 0.